The number of nitrogens with zero attached hydrogens (tertiary/aromatic N) is 1. The lowest BCUT2D eigenvalue weighted by molar-refractivity contribution is 0.0692. The average molecular weight is 431 g/mol. The number of rotatable bonds is 3. The second-order valence-electron chi connectivity index (χ2n) is 6.39. The van der Waals surface area contributed by atoms with Crippen LogP contribution in [0.3, 0.4) is 0 Å². The van der Waals surface area contributed by atoms with E-state index >= 15 is 0 Å². The molecular formula is C19H15Cl2F3N2O2. The molecule has 0 spiro atoms. The van der Waals surface area contributed by atoms with E-state index in [1.54, 1.807) is 6.07 Å². The molecule has 148 valence electrons. The predicted molar refractivity (Wildman–Crippen MR) is 99.2 cm³/mol. The van der Waals surface area contributed by atoms with E-state index in [1.165, 1.54) is 17.0 Å². The van der Waals surface area contributed by atoms with Crippen LogP contribution in [-0.2, 0) is 0 Å². The van der Waals surface area contributed by atoms with Crippen molar-refractivity contribution >= 4 is 35.0 Å². The molecule has 1 N–H and O–H groups in total. The molecule has 2 aromatic rings. The lowest BCUT2D eigenvalue weighted by Gasteiger charge is -2.32. The van der Waals surface area contributed by atoms with Crippen LogP contribution in [0.5, 0.6) is 0 Å². The summed E-state index contributed by atoms with van der Waals surface area (Å²) in [6.07, 6.45) is 0.869. The molecule has 2 aromatic carbocycles. The van der Waals surface area contributed by atoms with E-state index in [1.807, 2.05) is 0 Å². The Morgan fingerprint density at radius 2 is 1.64 bits per heavy atom. The van der Waals surface area contributed by atoms with Crippen molar-refractivity contribution in [2.75, 3.05) is 13.1 Å². The van der Waals surface area contributed by atoms with Crippen molar-refractivity contribution in [2.45, 2.75) is 18.9 Å². The Labute approximate surface area is 169 Å². The number of hydrogen-bond acceptors (Lipinski definition) is 2. The average Bonchev–Trinajstić information content (AvgIpc) is 2.68. The molecule has 4 nitrogen and oxygen atoms in total. The van der Waals surface area contributed by atoms with Crippen molar-refractivity contribution in [1.82, 2.24) is 10.2 Å². The minimum Gasteiger partial charge on any atom is -0.349 e. The standard InChI is InChI=1S/C19H15Cl2F3N2O2/c20-13-3-1-10(9-14(13)21)18(27)25-11-5-7-26(8-6-11)19(28)12-2-4-15(22)17(24)16(12)23/h1-4,9,11H,5-8H2,(H,25,27). The van der Waals surface area contributed by atoms with Crippen molar-refractivity contribution in [2.24, 2.45) is 0 Å². The molecule has 2 amide bonds. The molecule has 1 saturated heterocycles. The molecule has 1 heterocycles. The molecule has 1 aliphatic rings. The zero-order valence-corrected chi connectivity index (χ0v) is 16.0. The highest BCUT2D eigenvalue weighted by atomic mass is 35.5. The van der Waals surface area contributed by atoms with Gasteiger partial charge in [-0.2, -0.15) is 0 Å². The van der Waals surface area contributed by atoms with Crippen LogP contribution in [0.15, 0.2) is 30.3 Å². The summed E-state index contributed by atoms with van der Waals surface area (Å²) in [5, 5.41) is 3.46. The Hall–Kier alpha value is -2.25. The summed E-state index contributed by atoms with van der Waals surface area (Å²) in [7, 11) is 0. The minimum atomic E-state index is -1.67. The minimum absolute atomic E-state index is 0.194. The molecule has 28 heavy (non-hydrogen) atoms. The number of likely N-dealkylation sites (tertiary alicyclic amines) is 1. The van der Waals surface area contributed by atoms with Crippen LogP contribution in [0.1, 0.15) is 33.6 Å². The van der Waals surface area contributed by atoms with E-state index in [0.29, 0.717) is 23.4 Å². The van der Waals surface area contributed by atoms with Gasteiger partial charge in [0.15, 0.2) is 17.5 Å². The first kappa shape index (κ1) is 20.5. The van der Waals surface area contributed by atoms with Gasteiger partial charge in [0.25, 0.3) is 11.8 Å². The zero-order chi connectivity index (χ0) is 20.4. The van der Waals surface area contributed by atoms with Gasteiger partial charge in [0.05, 0.1) is 15.6 Å². The Bertz CT molecular complexity index is 932. The number of amides is 2. The van der Waals surface area contributed by atoms with Crippen LogP contribution in [-0.4, -0.2) is 35.8 Å². The largest absolute Gasteiger partial charge is 0.349 e. The summed E-state index contributed by atoms with van der Waals surface area (Å²) >= 11 is 11.7. The van der Waals surface area contributed by atoms with E-state index in [4.69, 9.17) is 23.2 Å². The second kappa shape index (κ2) is 8.41. The number of piperidine rings is 1. The van der Waals surface area contributed by atoms with E-state index in [-0.39, 0.29) is 30.1 Å². The molecule has 0 radical (unpaired) electrons. The van der Waals surface area contributed by atoms with Gasteiger partial charge in [0.1, 0.15) is 0 Å². The maximum absolute atomic E-state index is 13.8. The van der Waals surface area contributed by atoms with Gasteiger partial charge in [-0.05, 0) is 43.2 Å². The monoisotopic (exact) mass is 430 g/mol. The Kier molecular flexibility index (Phi) is 6.15. The van der Waals surface area contributed by atoms with Gasteiger partial charge in [-0.3, -0.25) is 9.59 Å². The Balaban J connectivity index is 1.60. The summed E-state index contributed by atoms with van der Waals surface area (Å²) in [6.45, 7) is 0.479. The van der Waals surface area contributed by atoms with Gasteiger partial charge in [-0.15, -0.1) is 0 Å². The predicted octanol–water partition coefficient (Wildman–Crippen LogP) is 4.45. The fourth-order valence-electron chi connectivity index (χ4n) is 2.99. The normalized spacial score (nSPS) is 14.8. The summed E-state index contributed by atoms with van der Waals surface area (Å²) in [4.78, 5) is 26.0. The quantitative estimate of drug-likeness (QED) is 0.731. The summed E-state index contributed by atoms with van der Waals surface area (Å²) in [6, 6.07) is 5.99. The van der Waals surface area contributed by atoms with E-state index in [2.05, 4.69) is 5.32 Å². The molecule has 3 rings (SSSR count). The lowest BCUT2D eigenvalue weighted by atomic mass is 10.0. The summed E-state index contributed by atoms with van der Waals surface area (Å²) < 4.78 is 40.2. The van der Waals surface area contributed by atoms with Crippen LogP contribution >= 0.6 is 23.2 Å². The molecule has 0 aromatic heterocycles. The van der Waals surface area contributed by atoms with Gasteiger partial charge in [-0.25, -0.2) is 13.2 Å². The van der Waals surface area contributed by atoms with Gasteiger partial charge in [0.2, 0.25) is 0 Å². The van der Waals surface area contributed by atoms with Crippen LogP contribution in [0.4, 0.5) is 13.2 Å². The fraction of sp³-hybridized carbons (Fsp3) is 0.263. The molecular weight excluding hydrogens is 416 g/mol. The number of carbonyl (C=O) groups is 2. The van der Waals surface area contributed by atoms with Gasteiger partial charge in [0, 0.05) is 24.7 Å². The van der Waals surface area contributed by atoms with Gasteiger partial charge >= 0.3 is 0 Å². The van der Waals surface area contributed by atoms with E-state index in [0.717, 1.165) is 12.1 Å². The van der Waals surface area contributed by atoms with E-state index in [9.17, 15) is 22.8 Å². The molecule has 0 unspecified atom stereocenters. The third kappa shape index (κ3) is 4.25. The first-order valence-corrected chi connectivity index (χ1v) is 9.22. The molecule has 0 aliphatic carbocycles. The molecule has 0 atom stereocenters. The smallest absolute Gasteiger partial charge is 0.256 e. The zero-order valence-electron chi connectivity index (χ0n) is 14.4. The van der Waals surface area contributed by atoms with Crippen LogP contribution in [0.2, 0.25) is 10.0 Å². The SMILES string of the molecule is O=C(NC1CCN(C(=O)c2ccc(F)c(F)c2F)CC1)c1ccc(Cl)c(Cl)c1. The van der Waals surface area contributed by atoms with Crippen molar-refractivity contribution < 1.29 is 22.8 Å². The van der Waals surface area contributed by atoms with Crippen LogP contribution < -0.4 is 5.32 Å². The number of carbonyl (C=O) groups excluding carboxylic acids is 2. The molecule has 0 bridgehead atoms. The highest BCUT2D eigenvalue weighted by Crippen LogP contribution is 2.23. The maximum atomic E-state index is 13.8. The molecule has 1 fully saturated rings. The number of halogens is 5. The summed E-state index contributed by atoms with van der Waals surface area (Å²) in [5.74, 6) is -5.56. The molecule has 9 heteroatoms. The maximum Gasteiger partial charge on any atom is 0.256 e. The van der Waals surface area contributed by atoms with Crippen molar-refractivity contribution in [3.05, 3.63) is 69.0 Å². The molecule has 1 aliphatic heterocycles. The van der Waals surface area contributed by atoms with Gasteiger partial charge in [-0.1, -0.05) is 23.2 Å². The Morgan fingerprint density at radius 1 is 0.964 bits per heavy atom. The lowest BCUT2D eigenvalue weighted by Crippen LogP contribution is -2.46. The first-order chi connectivity index (χ1) is 13.3. The van der Waals surface area contributed by atoms with Crippen LogP contribution in [0, 0.1) is 17.5 Å². The second-order valence-corrected chi connectivity index (χ2v) is 7.21. The highest BCUT2D eigenvalue weighted by molar-refractivity contribution is 6.42. The first-order valence-electron chi connectivity index (χ1n) is 8.46. The van der Waals surface area contributed by atoms with Crippen molar-refractivity contribution in [3.63, 3.8) is 0 Å². The number of nitrogens with one attached hydrogen (secondary N) is 1. The Morgan fingerprint density at radius 3 is 2.29 bits per heavy atom. The number of benzene rings is 2. The highest BCUT2D eigenvalue weighted by Gasteiger charge is 2.28. The third-order valence-electron chi connectivity index (χ3n) is 4.56. The van der Waals surface area contributed by atoms with Crippen molar-refractivity contribution in [1.29, 1.82) is 0 Å². The fourth-order valence-corrected chi connectivity index (χ4v) is 3.29. The third-order valence-corrected chi connectivity index (χ3v) is 5.30. The molecule has 0 saturated carbocycles. The number of hydrogen-bond donors (Lipinski definition) is 1. The van der Waals surface area contributed by atoms with Gasteiger partial charge < -0.3 is 10.2 Å². The topological polar surface area (TPSA) is 49.4 Å². The van der Waals surface area contributed by atoms with Crippen LogP contribution in [0.25, 0.3) is 0 Å². The van der Waals surface area contributed by atoms with Crippen molar-refractivity contribution in [3.8, 4) is 0 Å². The summed E-state index contributed by atoms with van der Waals surface area (Å²) in [5.41, 5.74) is -0.158. The van der Waals surface area contributed by atoms with E-state index < -0.39 is 28.9 Å².